The average Bonchev–Trinajstić information content (AvgIpc) is 2.56. The summed E-state index contributed by atoms with van der Waals surface area (Å²) in [4.78, 5) is 36.8. The number of hydrogen-bond acceptors (Lipinski definition) is 4. The normalized spacial score (nSPS) is 11.5. The highest BCUT2D eigenvalue weighted by molar-refractivity contribution is 6.30. The predicted molar refractivity (Wildman–Crippen MR) is 91.8 cm³/mol. The SMILES string of the molecule is COC(=O)C(C)CN(CCCNC(C)=O)C(=O)c1ccc(Cl)cc1. The number of halogens is 1. The van der Waals surface area contributed by atoms with Crippen molar-refractivity contribution in [2.75, 3.05) is 26.7 Å². The van der Waals surface area contributed by atoms with Gasteiger partial charge < -0.3 is 15.0 Å². The van der Waals surface area contributed by atoms with E-state index in [1.54, 1.807) is 36.1 Å². The lowest BCUT2D eigenvalue weighted by atomic mass is 10.1. The number of carbonyl (C=O) groups excluding carboxylic acids is 3. The van der Waals surface area contributed by atoms with Gasteiger partial charge in [0.15, 0.2) is 0 Å². The minimum Gasteiger partial charge on any atom is -0.469 e. The number of ether oxygens (including phenoxy) is 1. The van der Waals surface area contributed by atoms with Crippen LogP contribution >= 0.6 is 11.6 Å². The molecule has 1 atom stereocenters. The van der Waals surface area contributed by atoms with Crippen LogP contribution in [0.25, 0.3) is 0 Å². The fourth-order valence-electron chi connectivity index (χ4n) is 2.19. The maximum Gasteiger partial charge on any atom is 0.310 e. The number of amides is 2. The Morgan fingerprint density at radius 2 is 1.88 bits per heavy atom. The highest BCUT2D eigenvalue weighted by Crippen LogP contribution is 2.13. The number of nitrogens with one attached hydrogen (secondary N) is 1. The third-order valence-corrected chi connectivity index (χ3v) is 3.71. The van der Waals surface area contributed by atoms with Crippen molar-refractivity contribution in [1.82, 2.24) is 10.2 Å². The van der Waals surface area contributed by atoms with Gasteiger partial charge in [-0.2, -0.15) is 0 Å². The quantitative estimate of drug-likeness (QED) is 0.573. The predicted octanol–water partition coefficient (Wildman–Crippen LogP) is 2.12. The van der Waals surface area contributed by atoms with E-state index in [2.05, 4.69) is 5.32 Å². The van der Waals surface area contributed by atoms with Crippen LogP contribution in [0.5, 0.6) is 0 Å². The largest absolute Gasteiger partial charge is 0.469 e. The van der Waals surface area contributed by atoms with Gasteiger partial charge in [-0.3, -0.25) is 14.4 Å². The molecule has 1 aromatic rings. The maximum absolute atomic E-state index is 12.7. The molecule has 1 rings (SSSR count). The molecule has 0 saturated heterocycles. The average molecular weight is 355 g/mol. The van der Waals surface area contributed by atoms with E-state index in [-0.39, 0.29) is 24.3 Å². The van der Waals surface area contributed by atoms with Crippen molar-refractivity contribution in [2.24, 2.45) is 5.92 Å². The second kappa shape index (κ2) is 9.93. The summed E-state index contributed by atoms with van der Waals surface area (Å²) in [7, 11) is 1.32. The number of hydrogen-bond donors (Lipinski definition) is 1. The molecule has 0 aliphatic heterocycles. The molecule has 1 aromatic carbocycles. The molecule has 0 heterocycles. The van der Waals surface area contributed by atoms with Crippen molar-refractivity contribution < 1.29 is 19.1 Å². The van der Waals surface area contributed by atoms with Gasteiger partial charge in [0, 0.05) is 37.1 Å². The molecule has 0 aromatic heterocycles. The van der Waals surface area contributed by atoms with Crippen LogP contribution in [0.2, 0.25) is 5.02 Å². The fourth-order valence-corrected chi connectivity index (χ4v) is 2.32. The van der Waals surface area contributed by atoms with Crippen molar-refractivity contribution in [3.05, 3.63) is 34.9 Å². The van der Waals surface area contributed by atoms with Crippen LogP contribution in [-0.4, -0.2) is 49.4 Å². The van der Waals surface area contributed by atoms with Gasteiger partial charge in [0.05, 0.1) is 13.0 Å². The molecular weight excluding hydrogens is 332 g/mol. The summed E-state index contributed by atoms with van der Waals surface area (Å²) in [6.07, 6.45) is 0.590. The lowest BCUT2D eigenvalue weighted by molar-refractivity contribution is -0.145. The Labute approximate surface area is 147 Å². The van der Waals surface area contributed by atoms with Crippen molar-refractivity contribution in [2.45, 2.75) is 20.3 Å². The van der Waals surface area contributed by atoms with Gasteiger partial charge in [0.25, 0.3) is 5.91 Å². The summed E-state index contributed by atoms with van der Waals surface area (Å²) in [5, 5.41) is 3.24. The van der Waals surface area contributed by atoms with Crippen LogP contribution in [0.3, 0.4) is 0 Å². The minimum atomic E-state index is -0.438. The molecule has 2 amide bonds. The monoisotopic (exact) mass is 354 g/mol. The molecule has 0 aliphatic carbocycles. The van der Waals surface area contributed by atoms with E-state index < -0.39 is 5.92 Å². The van der Waals surface area contributed by atoms with Crippen molar-refractivity contribution in [3.8, 4) is 0 Å². The number of methoxy groups -OCH3 is 1. The summed E-state index contributed by atoms with van der Waals surface area (Å²) >= 11 is 5.85. The zero-order valence-electron chi connectivity index (χ0n) is 14.2. The first-order valence-corrected chi connectivity index (χ1v) is 8.10. The summed E-state index contributed by atoms with van der Waals surface area (Å²) in [6, 6.07) is 6.59. The Morgan fingerprint density at radius 1 is 1.25 bits per heavy atom. The van der Waals surface area contributed by atoms with Gasteiger partial charge in [-0.25, -0.2) is 0 Å². The lowest BCUT2D eigenvalue weighted by Crippen LogP contribution is -2.39. The van der Waals surface area contributed by atoms with Gasteiger partial charge >= 0.3 is 5.97 Å². The Bertz CT molecular complexity index is 574. The standard InChI is InChI=1S/C17H23ClN2O4/c1-12(17(23)24-3)11-20(10-4-9-19-13(2)21)16(22)14-5-7-15(18)8-6-14/h5-8,12H,4,9-11H2,1-3H3,(H,19,21). The smallest absolute Gasteiger partial charge is 0.310 e. The van der Waals surface area contributed by atoms with Gasteiger partial charge in [-0.15, -0.1) is 0 Å². The van der Waals surface area contributed by atoms with Gasteiger partial charge in [0.2, 0.25) is 5.91 Å². The molecule has 0 spiro atoms. The highest BCUT2D eigenvalue weighted by Gasteiger charge is 2.22. The van der Waals surface area contributed by atoms with Gasteiger partial charge in [-0.05, 0) is 30.7 Å². The Balaban J connectivity index is 2.78. The maximum atomic E-state index is 12.7. The fraction of sp³-hybridized carbons (Fsp3) is 0.471. The molecule has 0 radical (unpaired) electrons. The molecule has 0 saturated carbocycles. The van der Waals surface area contributed by atoms with Crippen LogP contribution in [-0.2, 0) is 14.3 Å². The van der Waals surface area contributed by atoms with Crippen molar-refractivity contribution >= 4 is 29.4 Å². The third kappa shape index (κ3) is 6.58. The second-order valence-corrected chi connectivity index (χ2v) is 5.96. The molecule has 24 heavy (non-hydrogen) atoms. The number of carbonyl (C=O) groups is 3. The summed E-state index contributed by atoms with van der Waals surface area (Å²) in [5.41, 5.74) is 0.496. The minimum absolute atomic E-state index is 0.117. The zero-order chi connectivity index (χ0) is 18.1. The van der Waals surface area contributed by atoms with E-state index in [1.807, 2.05) is 0 Å². The summed E-state index contributed by atoms with van der Waals surface area (Å²) < 4.78 is 4.72. The topological polar surface area (TPSA) is 75.7 Å². The molecule has 7 heteroatoms. The van der Waals surface area contributed by atoms with E-state index in [0.717, 1.165) is 0 Å². The molecule has 1 unspecified atom stereocenters. The van der Waals surface area contributed by atoms with Gasteiger partial charge in [0.1, 0.15) is 0 Å². The summed E-state index contributed by atoms with van der Waals surface area (Å²) in [6.45, 7) is 4.28. The molecule has 132 valence electrons. The Morgan fingerprint density at radius 3 is 2.42 bits per heavy atom. The lowest BCUT2D eigenvalue weighted by Gasteiger charge is -2.25. The number of rotatable bonds is 8. The number of benzene rings is 1. The van der Waals surface area contributed by atoms with Crippen LogP contribution < -0.4 is 5.32 Å². The van der Waals surface area contributed by atoms with Crippen molar-refractivity contribution in [3.63, 3.8) is 0 Å². The summed E-state index contributed by atoms with van der Waals surface area (Å²) in [5.74, 6) is -1.11. The van der Waals surface area contributed by atoms with Crippen molar-refractivity contribution in [1.29, 1.82) is 0 Å². The molecule has 0 fully saturated rings. The van der Waals surface area contributed by atoms with E-state index >= 15 is 0 Å². The second-order valence-electron chi connectivity index (χ2n) is 5.52. The Kier molecular flexibility index (Phi) is 8.26. The molecule has 6 nitrogen and oxygen atoms in total. The van der Waals surface area contributed by atoms with E-state index in [9.17, 15) is 14.4 Å². The zero-order valence-corrected chi connectivity index (χ0v) is 14.9. The van der Waals surface area contributed by atoms with Gasteiger partial charge in [-0.1, -0.05) is 18.5 Å². The highest BCUT2D eigenvalue weighted by atomic mass is 35.5. The number of nitrogens with zero attached hydrogens (tertiary/aromatic N) is 1. The van der Waals surface area contributed by atoms with Crippen LogP contribution in [0.1, 0.15) is 30.6 Å². The van der Waals surface area contributed by atoms with E-state index in [0.29, 0.717) is 30.1 Å². The first-order valence-electron chi connectivity index (χ1n) is 7.72. The molecule has 0 bridgehead atoms. The van der Waals surface area contributed by atoms with E-state index in [4.69, 9.17) is 16.3 Å². The Hall–Kier alpha value is -2.08. The van der Waals surface area contributed by atoms with Crippen LogP contribution in [0.15, 0.2) is 24.3 Å². The molecule has 1 N–H and O–H groups in total. The third-order valence-electron chi connectivity index (χ3n) is 3.45. The van der Waals surface area contributed by atoms with E-state index in [1.165, 1.54) is 14.0 Å². The number of esters is 1. The first-order chi connectivity index (χ1) is 11.3. The van der Waals surface area contributed by atoms with Crippen LogP contribution in [0, 0.1) is 5.92 Å². The van der Waals surface area contributed by atoms with Crippen LogP contribution in [0.4, 0.5) is 0 Å². The first kappa shape index (κ1) is 20.0. The molecule has 0 aliphatic rings. The molecular formula is C17H23ClN2O4.